The molecule has 2 fully saturated rings. The average Bonchev–Trinajstić information content (AvgIpc) is 2.49. The second-order valence-electron chi connectivity index (χ2n) is 4.45. The highest BCUT2D eigenvalue weighted by atomic mass is 33.1. The van der Waals surface area contributed by atoms with Crippen molar-refractivity contribution in [2.24, 2.45) is 11.1 Å². The van der Waals surface area contributed by atoms with Crippen molar-refractivity contribution in [1.82, 2.24) is 4.31 Å². The second kappa shape index (κ2) is 4.20. The molecule has 2 atom stereocenters. The first kappa shape index (κ1) is 11.0. The molecule has 0 aromatic carbocycles. The third-order valence-electron chi connectivity index (χ3n) is 3.85. The number of rotatable bonds is 1. The van der Waals surface area contributed by atoms with E-state index in [4.69, 9.17) is 5.73 Å². The van der Waals surface area contributed by atoms with Gasteiger partial charge >= 0.3 is 0 Å². The lowest BCUT2D eigenvalue weighted by atomic mass is 9.75. The molecule has 1 aliphatic carbocycles. The minimum Gasteiger partial charge on any atom is -0.325 e. The molecule has 1 unspecified atom stereocenters. The van der Waals surface area contributed by atoms with E-state index in [0.717, 1.165) is 32.4 Å². The van der Waals surface area contributed by atoms with Gasteiger partial charge in [-0.15, -0.1) is 0 Å². The number of alkyl halides is 1. The molecule has 1 saturated carbocycles. The minimum absolute atomic E-state index is 0.0967. The van der Waals surface area contributed by atoms with Crippen LogP contribution in [0.5, 0.6) is 0 Å². The smallest absolute Gasteiger partial charge is 0.116 e. The topological polar surface area (TPSA) is 29.3 Å². The van der Waals surface area contributed by atoms with Gasteiger partial charge in [0.1, 0.15) is 6.17 Å². The van der Waals surface area contributed by atoms with Crippen LogP contribution in [0, 0.1) is 5.41 Å². The van der Waals surface area contributed by atoms with Crippen molar-refractivity contribution < 1.29 is 4.39 Å². The van der Waals surface area contributed by atoms with E-state index in [-0.39, 0.29) is 11.5 Å². The standard InChI is InChI=1S/C9H17FN2S2/c10-7-1-2-9(8(7)11)3-5-12(14-13)6-4-9/h7-8,13H,1-6,11H2/t7?,8-/m1/s1. The zero-order chi connectivity index (χ0) is 10.2. The van der Waals surface area contributed by atoms with Crippen LogP contribution in [-0.4, -0.2) is 29.6 Å². The van der Waals surface area contributed by atoms with E-state index in [2.05, 4.69) is 16.0 Å². The summed E-state index contributed by atoms with van der Waals surface area (Å²) in [7, 11) is 1.48. The second-order valence-corrected chi connectivity index (χ2v) is 5.62. The number of thiol groups is 1. The number of hydrogen-bond donors (Lipinski definition) is 2. The van der Waals surface area contributed by atoms with Crippen molar-refractivity contribution in [1.29, 1.82) is 0 Å². The number of nitrogens with two attached hydrogens (primary N) is 1. The van der Waals surface area contributed by atoms with Crippen LogP contribution in [0.4, 0.5) is 4.39 Å². The predicted molar refractivity (Wildman–Crippen MR) is 61.9 cm³/mol. The molecular weight excluding hydrogens is 219 g/mol. The lowest BCUT2D eigenvalue weighted by molar-refractivity contribution is 0.128. The Morgan fingerprint density at radius 1 is 1.36 bits per heavy atom. The molecule has 0 aromatic heterocycles. The molecular formula is C9H17FN2S2. The normalized spacial score (nSPS) is 37.9. The fourth-order valence-corrected chi connectivity index (χ4v) is 3.59. The summed E-state index contributed by atoms with van der Waals surface area (Å²) in [6, 6.07) is -0.227. The van der Waals surface area contributed by atoms with E-state index >= 15 is 0 Å². The molecule has 0 bridgehead atoms. The van der Waals surface area contributed by atoms with Crippen LogP contribution in [0.15, 0.2) is 0 Å². The molecule has 2 rings (SSSR count). The molecule has 82 valence electrons. The summed E-state index contributed by atoms with van der Waals surface area (Å²) in [6.07, 6.45) is 2.92. The van der Waals surface area contributed by atoms with Crippen LogP contribution in [0.2, 0.25) is 0 Å². The Morgan fingerprint density at radius 2 is 2.00 bits per heavy atom. The molecule has 5 heteroatoms. The highest BCUT2D eigenvalue weighted by Gasteiger charge is 2.48. The monoisotopic (exact) mass is 236 g/mol. The molecule has 14 heavy (non-hydrogen) atoms. The molecule has 1 heterocycles. The van der Waals surface area contributed by atoms with Gasteiger partial charge in [-0.2, -0.15) is 0 Å². The molecule has 2 N–H and O–H groups in total. The predicted octanol–water partition coefficient (Wildman–Crippen LogP) is 2.02. The Bertz CT molecular complexity index is 207. The maximum Gasteiger partial charge on any atom is 0.116 e. The molecule has 0 amide bonds. The number of halogens is 1. The summed E-state index contributed by atoms with van der Waals surface area (Å²) in [4.78, 5) is 0. The maximum atomic E-state index is 13.4. The van der Waals surface area contributed by atoms with Crippen molar-refractivity contribution in [2.75, 3.05) is 13.1 Å². The van der Waals surface area contributed by atoms with E-state index in [1.807, 2.05) is 0 Å². The molecule has 1 spiro atoms. The third-order valence-corrected chi connectivity index (χ3v) is 5.14. The van der Waals surface area contributed by atoms with Gasteiger partial charge < -0.3 is 5.73 Å². The van der Waals surface area contributed by atoms with Gasteiger partial charge in [0.15, 0.2) is 0 Å². The fraction of sp³-hybridized carbons (Fsp3) is 1.00. The van der Waals surface area contributed by atoms with Crippen molar-refractivity contribution in [3.8, 4) is 0 Å². The lowest BCUT2D eigenvalue weighted by Gasteiger charge is -2.41. The summed E-state index contributed by atoms with van der Waals surface area (Å²) in [5.74, 6) is 0. The summed E-state index contributed by atoms with van der Waals surface area (Å²) < 4.78 is 15.6. The van der Waals surface area contributed by atoms with Crippen molar-refractivity contribution in [3.05, 3.63) is 0 Å². The largest absolute Gasteiger partial charge is 0.325 e. The fourth-order valence-electron chi connectivity index (χ4n) is 2.75. The number of nitrogens with zero attached hydrogens (tertiary/aromatic N) is 1. The zero-order valence-corrected chi connectivity index (χ0v) is 9.87. The molecule has 1 saturated heterocycles. The van der Waals surface area contributed by atoms with Gasteiger partial charge in [-0.1, -0.05) is 11.7 Å². The Labute approximate surface area is 93.7 Å². The lowest BCUT2D eigenvalue weighted by Crippen LogP contribution is -2.47. The van der Waals surface area contributed by atoms with Gasteiger partial charge in [-0.25, -0.2) is 8.70 Å². The van der Waals surface area contributed by atoms with Gasteiger partial charge in [-0.3, -0.25) is 0 Å². The first-order valence-electron chi connectivity index (χ1n) is 5.14. The molecule has 1 aliphatic heterocycles. The molecule has 0 aromatic rings. The molecule has 2 aliphatic rings. The first-order chi connectivity index (χ1) is 6.68. The maximum absolute atomic E-state index is 13.4. The highest BCUT2D eigenvalue weighted by molar-refractivity contribution is 8.67. The zero-order valence-electron chi connectivity index (χ0n) is 8.16. The van der Waals surface area contributed by atoms with Crippen LogP contribution < -0.4 is 5.73 Å². The average molecular weight is 236 g/mol. The van der Waals surface area contributed by atoms with E-state index in [1.165, 1.54) is 11.0 Å². The SMILES string of the molecule is N[C@@H]1C(F)CCC12CCN(SS)CC2. The number of hydrogen-bond acceptors (Lipinski definition) is 4. The molecule has 2 nitrogen and oxygen atoms in total. The van der Waals surface area contributed by atoms with E-state index in [9.17, 15) is 4.39 Å². The summed E-state index contributed by atoms with van der Waals surface area (Å²) in [5, 5.41) is 0. The summed E-state index contributed by atoms with van der Waals surface area (Å²) in [6.45, 7) is 1.99. The van der Waals surface area contributed by atoms with Gasteiger partial charge in [-0.05, 0) is 42.1 Å². The Balaban J connectivity index is 1.99. The van der Waals surface area contributed by atoms with Crippen molar-refractivity contribution in [3.63, 3.8) is 0 Å². The minimum atomic E-state index is -0.773. The Morgan fingerprint density at radius 3 is 2.43 bits per heavy atom. The quantitative estimate of drug-likeness (QED) is 0.415. The van der Waals surface area contributed by atoms with Gasteiger partial charge in [0.25, 0.3) is 0 Å². The highest BCUT2D eigenvalue weighted by Crippen LogP contribution is 2.47. The summed E-state index contributed by atoms with van der Waals surface area (Å²) in [5.41, 5.74) is 6.05. The van der Waals surface area contributed by atoms with E-state index < -0.39 is 6.17 Å². The van der Waals surface area contributed by atoms with Gasteiger partial charge in [0.05, 0.1) is 0 Å². The number of piperidine rings is 1. The van der Waals surface area contributed by atoms with E-state index in [0.29, 0.717) is 6.42 Å². The van der Waals surface area contributed by atoms with Gasteiger partial charge in [0, 0.05) is 19.1 Å². The first-order valence-corrected chi connectivity index (χ1v) is 6.97. The van der Waals surface area contributed by atoms with Crippen LogP contribution in [0.1, 0.15) is 25.7 Å². The van der Waals surface area contributed by atoms with Gasteiger partial charge in [0.2, 0.25) is 0 Å². The van der Waals surface area contributed by atoms with Crippen LogP contribution >= 0.6 is 22.6 Å². The summed E-state index contributed by atoms with van der Waals surface area (Å²) >= 11 is 4.17. The Kier molecular flexibility index (Phi) is 3.31. The Hall–Kier alpha value is 0.550. The molecule has 0 radical (unpaired) electrons. The van der Waals surface area contributed by atoms with Crippen LogP contribution in [0.25, 0.3) is 0 Å². The van der Waals surface area contributed by atoms with E-state index in [1.54, 1.807) is 0 Å². The van der Waals surface area contributed by atoms with Crippen LogP contribution in [0.3, 0.4) is 0 Å². The van der Waals surface area contributed by atoms with Crippen molar-refractivity contribution >= 4 is 22.6 Å². The van der Waals surface area contributed by atoms with Crippen LogP contribution in [-0.2, 0) is 0 Å². The third kappa shape index (κ3) is 1.79. The van der Waals surface area contributed by atoms with Crippen molar-refractivity contribution in [2.45, 2.75) is 37.9 Å².